The Kier molecular flexibility index (Phi) is 11.1. The number of thioether (sulfide) groups is 1. The first-order valence-corrected chi connectivity index (χ1v) is 19.5. The first kappa shape index (κ1) is 35.7. The molecule has 7 rings (SSSR count). The summed E-state index contributed by atoms with van der Waals surface area (Å²) < 4.78 is 9.62. The number of para-hydroxylation sites is 2. The second-order valence-corrected chi connectivity index (χ2v) is 14.9. The lowest BCUT2D eigenvalue weighted by molar-refractivity contribution is 0.0777. The predicted octanol–water partition coefficient (Wildman–Crippen LogP) is 6.46. The number of amides is 1. The number of carbonyl (C=O) groups is 1. The van der Waals surface area contributed by atoms with Crippen molar-refractivity contribution in [3.8, 4) is 5.69 Å². The average Bonchev–Trinajstić information content (AvgIpc) is 3.89. The van der Waals surface area contributed by atoms with Crippen molar-refractivity contribution in [2.75, 3.05) is 70.2 Å². The summed E-state index contributed by atoms with van der Waals surface area (Å²) >= 11 is 14.6. The van der Waals surface area contributed by atoms with Crippen molar-refractivity contribution < 1.29 is 9.53 Å². The minimum Gasteiger partial charge on any atom is -0.380 e. The SMILES string of the molecule is CCOCCn1c(N2CCCN(CCC3(c4ccc(Cl)c(Cl)c4)CCN(C(=O)c4cc(-n5cnnn5)ccc4SC)C3)CC2)nc2ccccc21. The molecule has 0 bridgehead atoms. The van der Waals surface area contributed by atoms with Gasteiger partial charge in [0.25, 0.3) is 5.91 Å². The summed E-state index contributed by atoms with van der Waals surface area (Å²) in [7, 11) is 0. The lowest BCUT2D eigenvalue weighted by Gasteiger charge is -2.33. The Morgan fingerprint density at radius 2 is 1.86 bits per heavy atom. The first-order chi connectivity index (χ1) is 24.9. The third-order valence-corrected chi connectivity index (χ3v) is 11.8. The maximum Gasteiger partial charge on any atom is 0.255 e. The molecule has 2 aliphatic rings. The second kappa shape index (κ2) is 15.9. The highest BCUT2D eigenvalue weighted by Crippen LogP contribution is 2.41. The molecule has 0 radical (unpaired) electrons. The van der Waals surface area contributed by atoms with Crippen molar-refractivity contribution in [2.45, 2.75) is 43.0 Å². The molecule has 0 aliphatic carbocycles. The van der Waals surface area contributed by atoms with E-state index >= 15 is 0 Å². The third kappa shape index (κ3) is 7.61. The Bertz CT molecular complexity index is 1970. The van der Waals surface area contributed by atoms with E-state index in [1.165, 1.54) is 6.33 Å². The fraction of sp³-hybridized carbons (Fsp3) is 0.432. The molecule has 1 amide bonds. The normalized spacial score (nSPS) is 18.5. The summed E-state index contributed by atoms with van der Waals surface area (Å²) in [5, 5.41) is 12.6. The van der Waals surface area contributed by atoms with Gasteiger partial charge in [-0.05, 0) is 104 Å². The molecule has 51 heavy (non-hydrogen) atoms. The molecule has 1 atom stereocenters. The van der Waals surface area contributed by atoms with Gasteiger partial charge in [0, 0.05) is 56.2 Å². The Labute approximate surface area is 312 Å². The first-order valence-electron chi connectivity index (χ1n) is 17.6. The fourth-order valence-corrected chi connectivity index (χ4v) is 8.37. The van der Waals surface area contributed by atoms with Crippen LogP contribution in [0.2, 0.25) is 10.0 Å². The van der Waals surface area contributed by atoms with E-state index in [4.69, 9.17) is 32.9 Å². The van der Waals surface area contributed by atoms with E-state index in [2.05, 4.69) is 54.2 Å². The quantitative estimate of drug-likeness (QED) is 0.105. The second-order valence-electron chi connectivity index (χ2n) is 13.2. The van der Waals surface area contributed by atoms with Crippen molar-refractivity contribution in [3.05, 3.63) is 88.2 Å². The largest absolute Gasteiger partial charge is 0.380 e. The van der Waals surface area contributed by atoms with Crippen molar-refractivity contribution in [1.29, 1.82) is 0 Å². The van der Waals surface area contributed by atoms with Crippen molar-refractivity contribution >= 4 is 57.9 Å². The molecule has 2 aromatic heterocycles. The van der Waals surface area contributed by atoms with Crippen LogP contribution in [0.1, 0.15) is 42.1 Å². The number of benzene rings is 3. The van der Waals surface area contributed by atoms with Crippen LogP contribution in [0.3, 0.4) is 0 Å². The van der Waals surface area contributed by atoms with Gasteiger partial charge in [-0.25, -0.2) is 9.67 Å². The number of hydrogen-bond acceptors (Lipinski definition) is 9. The Balaban J connectivity index is 1.09. The Morgan fingerprint density at radius 1 is 0.980 bits per heavy atom. The summed E-state index contributed by atoms with van der Waals surface area (Å²) in [5.41, 5.74) is 4.41. The number of hydrogen-bond donors (Lipinski definition) is 0. The molecule has 3 aromatic carbocycles. The van der Waals surface area contributed by atoms with E-state index < -0.39 is 0 Å². The maximum absolute atomic E-state index is 14.3. The number of tetrazole rings is 1. The van der Waals surface area contributed by atoms with E-state index in [1.54, 1.807) is 16.4 Å². The monoisotopic (exact) mass is 747 g/mol. The van der Waals surface area contributed by atoms with E-state index in [9.17, 15) is 4.79 Å². The van der Waals surface area contributed by atoms with Crippen LogP contribution in [0.5, 0.6) is 0 Å². The zero-order valence-corrected chi connectivity index (χ0v) is 31.4. The van der Waals surface area contributed by atoms with Crippen LogP contribution in [0.4, 0.5) is 5.95 Å². The lowest BCUT2D eigenvalue weighted by atomic mass is 9.76. The zero-order chi connectivity index (χ0) is 35.4. The standard InChI is InChI=1S/C37H43Cl2N9O2S/c1-3-50-22-21-47-33-8-5-4-7-32(33)41-36(47)45-16-6-15-44(19-20-45)17-13-37(27-9-11-30(38)31(39)23-27)14-18-46(25-37)35(49)29-24-28(10-12-34(29)51-2)48-26-40-42-43-48/h4-5,7-12,23-24,26H,3,6,13-22,25H2,1-2H3. The smallest absolute Gasteiger partial charge is 0.255 e. The van der Waals surface area contributed by atoms with Gasteiger partial charge in [-0.1, -0.05) is 41.4 Å². The molecule has 14 heteroatoms. The number of anilines is 1. The summed E-state index contributed by atoms with van der Waals surface area (Å²) in [6, 6.07) is 20.1. The van der Waals surface area contributed by atoms with E-state index in [0.29, 0.717) is 41.9 Å². The highest BCUT2D eigenvalue weighted by atomic mass is 35.5. The number of carbonyl (C=O) groups excluding carboxylic acids is 1. The molecule has 0 saturated carbocycles. The molecule has 11 nitrogen and oxygen atoms in total. The van der Waals surface area contributed by atoms with Crippen LogP contribution in [-0.2, 0) is 16.7 Å². The molecule has 1 unspecified atom stereocenters. The minimum atomic E-state index is -0.268. The van der Waals surface area contributed by atoms with Crippen molar-refractivity contribution in [3.63, 3.8) is 0 Å². The molecular formula is C37H43Cl2N9O2S. The zero-order valence-electron chi connectivity index (χ0n) is 29.0. The van der Waals surface area contributed by atoms with Gasteiger partial charge in [-0.3, -0.25) is 4.79 Å². The molecular weight excluding hydrogens is 705 g/mol. The predicted molar refractivity (Wildman–Crippen MR) is 204 cm³/mol. The number of nitrogens with zero attached hydrogens (tertiary/aromatic N) is 9. The highest BCUT2D eigenvalue weighted by molar-refractivity contribution is 7.98. The number of halogens is 2. The molecule has 268 valence electrons. The van der Waals surface area contributed by atoms with Gasteiger partial charge < -0.3 is 24.0 Å². The molecule has 0 spiro atoms. The van der Waals surface area contributed by atoms with Crippen molar-refractivity contribution in [1.82, 2.24) is 39.6 Å². The number of aromatic nitrogens is 6. The maximum atomic E-state index is 14.3. The number of fused-ring (bicyclic) bond motifs is 1. The van der Waals surface area contributed by atoms with Crippen LogP contribution in [-0.4, -0.2) is 111 Å². The lowest BCUT2D eigenvalue weighted by Crippen LogP contribution is -2.39. The third-order valence-electron chi connectivity index (χ3n) is 10.3. The van der Waals surface area contributed by atoms with Gasteiger partial charge >= 0.3 is 0 Å². The van der Waals surface area contributed by atoms with Gasteiger partial charge in [-0.2, -0.15) is 0 Å². The van der Waals surface area contributed by atoms with Gasteiger partial charge in [0.1, 0.15) is 6.33 Å². The Hall–Kier alpha value is -3.68. The van der Waals surface area contributed by atoms with Gasteiger partial charge in [0.05, 0.1) is 38.9 Å². The van der Waals surface area contributed by atoms with Gasteiger partial charge in [-0.15, -0.1) is 16.9 Å². The summed E-state index contributed by atoms with van der Waals surface area (Å²) in [6.45, 7) is 10.0. The van der Waals surface area contributed by atoms with Crippen LogP contribution < -0.4 is 4.90 Å². The number of rotatable bonds is 12. The summed E-state index contributed by atoms with van der Waals surface area (Å²) in [5.74, 6) is 1.03. The molecule has 2 aliphatic heterocycles. The van der Waals surface area contributed by atoms with Crippen LogP contribution >= 0.6 is 35.0 Å². The molecule has 2 saturated heterocycles. The molecule has 2 fully saturated rings. The number of imidazole rings is 1. The van der Waals surface area contributed by atoms with Gasteiger partial charge in [0.15, 0.2) is 0 Å². The molecule has 5 aromatic rings. The van der Waals surface area contributed by atoms with E-state index in [1.807, 2.05) is 54.5 Å². The van der Waals surface area contributed by atoms with E-state index in [-0.39, 0.29) is 11.3 Å². The topological polar surface area (TPSA) is 97.4 Å². The number of ether oxygens (including phenoxy) is 1. The fourth-order valence-electron chi connectivity index (χ4n) is 7.50. The minimum absolute atomic E-state index is 0.00819. The Morgan fingerprint density at radius 3 is 2.67 bits per heavy atom. The number of likely N-dealkylation sites (tertiary alicyclic amines) is 1. The van der Waals surface area contributed by atoms with Crippen LogP contribution in [0.25, 0.3) is 16.7 Å². The highest BCUT2D eigenvalue weighted by Gasteiger charge is 2.42. The van der Waals surface area contributed by atoms with Gasteiger partial charge in [0.2, 0.25) is 5.95 Å². The average molecular weight is 749 g/mol. The van der Waals surface area contributed by atoms with Crippen LogP contribution in [0, 0.1) is 0 Å². The molecule has 4 heterocycles. The summed E-state index contributed by atoms with van der Waals surface area (Å²) in [4.78, 5) is 27.3. The van der Waals surface area contributed by atoms with Crippen molar-refractivity contribution in [2.24, 2.45) is 0 Å². The van der Waals surface area contributed by atoms with Crippen LogP contribution in [0.15, 0.2) is 71.9 Å². The molecule has 0 N–H and O–H groups in total. The summed E-state index contributed by atoms with van der Waals surface area (Å²) in [6.07, 6.45) is 6.29. The van der Waals surface area contributed by atoms with E-state index in [0.717, 1.165) is 91.7 Å².